The van der Waals surface area contributed by atoms with E-state index in [1.54, 1.807) is 55.6 Å². The van der Waals surface area contributed by atoms with Crippen LogP contribution in [0.4, 0.5) is 0 Å². The highest BCUT2D eigenvalue weighted by molar-refractivity contribution is 5.91. The number of hydrogen-bond donors (Lipinski definition) is 0. The second-order valence-corrected chi connectivity index (χ2v) is 8.01. The van der Waals surface area contributed by atoms with Gasteiger partial charge in [0, 0.05) is 12.5 Å². The monoisotopic (exact) mass is 412 g/mol. The number of methoxy groups -OCH3 is 1. The number of ether oxygens (including phenoxy) is 4. The molecule has 2 rings (SSSR count). The molecule has 0 aliphatic rings. The molecule has 0 aliphatic carbocycles. The molecule has 0 aromatic heterocycles. The lowest BCUT2D eigenvalue weighted by Crippen LogP contribution is -2.40. The molecule has 30 heavy (non-hydrogen) atoms. The van der Waals surface area contributed by atoms with Gasteiger partial charge in [0.05, 0.1) is 12.7 Å². The number of hydrogen-bond acceptors (Lipinski definition) is 6. The van der Waals surface area contributed by atoms with E-state index in [1.165, 1.54) is 0 Å². The van der Waals surface area contributed by atoms with Gasteiger partial charge in [-0.1, -0.05) is 6.58 Å². The summed E-state index contributed by atoms with van der Waals surface area (Å²) in [6, 6.07) is 13.4. The number of carbonyl (C=O) groups is 2. The summed E-state index contributed by atoms with van der Waals surface area (Å²) in [7, 11) is 1.57. The zero-order valence-corrected chi connectivity index (χ0v) is 18.1. The quantitative estimate of drug-likeness (QED) is 0.329. The predicted octanol–water partition coefficient (Wildman–Crippen LogP) is 4.97. The van der Waals surface area contributed by atoms with Crippen molar-refractivity contribution in [3.63, 3.8) is 0 Å². The van der Waals surface area contributed by atoms with E-state index < -0.39 is 23.1 Å². The minimum atomic E-state index is -0.725. The van der Waals surface area contributed by atoms with E-state index >= 15 is 0 Å². The second kappa shape index (κ2) is 9.48. The molecule has 0 bridgehead atoms. The van der Waals surface area contributed by atoms with Crippen LogP contribution in [0.5, 0.6) is 17.2 Å². The van der Waals surface area contributed by atoms with Crippen LogP contribution in [0.25, 0.3) is 0 Å². The Labute approximate surface area is 177 Å². The highest BCUT2D eigenvalue weighted by Crippen LogP contribution is 2.29. The fourth-order valence-corrected chi connectivity index (χ4v) is 3.20. The largest absolute Gasteiger partial charge is 0.497 e. The molecule has 0 N–H and O–H groups in total. The van der Waals surface area contributed by atoms with Crippen molar-refractivity contribution in [2.75, 3.05) is 7.11 Å². The highest BCUT2D eigenvalue weighted by Gasteiger charge is 2.33. The Morgan fingerprint density at radius 3 is 1.93 bits per heavy atom. The molecule has 0 aliphatic heterocycles. The van der Waals surface area contributed by atoms with Gasteiger partial charge in [-0.3, -0.25) is 0 Å². The Kier molecular flexibility index (Phi) is 7.27. The van der Waals surface area contributed by atoms with E-state index in [1.807, 2.05) is 27.7 Å². The Bertz CT molecular complexity index is 879. The second-order valence-electron chi connectivity index (χ2n) is 8.01. The summed E-state index contributed by atoms with van der Waals surface area (Å²) in [5.74, 6) is 0.755. The zero-order chi connectivity index (χ0) is 22.4. The normalized spacial score (nSPS) is 11.4. The molecule has 6 nitrogen and oxygen atoms in total. The van der Waals surface area contributed by atoms with Gasteiger partial charge in [-0.2, -0.15) is 0 Å². The van der Waals surface area contributed by atoms with Crippen LogP contribution in [0.1, 0.15) is 44.5 Å². The summed E-state index contributed by atoms with van der Waals surface area (Å²) in [6.07, 6.45) is 1.60. The molecule has 0 heterocycles. The molecule has 0 amide bonds. The first-order valence-electron chi connectivity index (χ1n) is 9.54. The van der Waals surface area contributed by atoms with Gasteiger partial charge in [0.15, 0.2) is 0 Å². The molecule has 0 saturated carbocycles. The molecule has 0 atom stereocenters. The summed E-state index contributed by atoms with van der Waals surface area (Å²) in [5, 5.41) is 0. The maximum Gasteiger partial charge on any atom is 0.343 e. The molecule has 0 unspecified atom stereocenters. The molecular formula is C24H28O6. The van der Waals surface area contributed by atoms with Crippen LogP contribution in [-0.2, 0) is 9.53 Å². The van der Waals surface area contributed by atoms with E-state index in [0.717, 1.165) is 6.08 Å². The van der Waals surface area contributed by atoms with Gasteiger partial charge in [-0.25, -0.2) is 9.59 Å². The number of benzene rings is 2. The van der Waals surface area contributed by atoms with Crippen molar-refractivity contribution >= 4 is 11.9 Å². The lowest BCUT2D eigenvalue weighted by Gasteiger charge is -2.34. The van der Waals surface area contributed by atoms with Crippen molar-refractivity contribution in [3.05, 3.63) is 66.7 Å². The molecule has 6 heteroatoms. The Morgan fingerprint density at radius 2 is 1.40 bits per heavy atom. The summed E-state index contributed by atoms with van der Waals surface area (Å²) >= 11 is 0. The molecule has 160 valence electrons. The predicted molar refractivity (Wildman–Crippen MR) is 114 cm³/mol. The minimum absolute atomic E-state index is 0.399. The smallest absolute Gasteiger partial charge is 0.343 e. The average molecular weight is 412 g/mol. The van der Waals surface area contributed by atoms with E-state index in [-0.39, 0.29) is 0 Å². The van der Waals surface area contributed by atoms with Crippen LogP contribution in [0.3, 0.4) is 0 Å². The van der Waals surface area contributed by atoms with Gasteiger partial charge < -0.3 is 18.9 Å². The van der Waals surface area contributed by atoms with Crippen molar-refractivity contribution in [2.45, 2.75) is 45.3 Å². The fourth-order valence-electron chi connectivity index (χ4n) is 3.20. The number of esters is 2. The first-order valence-corrected chi connectivity index (χ1v) is 9.54. The number of carbonyl (C=O) groups excluding carboxylic acids is 2. The van der Waals surface area contributed by atoms with Crippen LogP contribution in [0.15, 0.2) is 61.2 Å². The van der Waals surface area contributed by atoms with E-state index in [2.05, 4.69) is 6.58 Å². The third-order valence-corrected chi connectivity index (χ3v) is 4.15. The molecule has 0 radical (unpaired) electrons. The first kappa shape index (κ1) is 23.0. The Morgan fingerprint density at radius 1 is 0.867 bits per heavy atom. The molecule has 0 saturated heterocycles. The standard InChI is InChI=1S/C24H28O6/c1-7-21(25)30-24(4,5)16-23(2,3)29-20-10-8-17(9-11-20)22(26)28-19-14-12-18(27-6)13-15-19/h7-15H,1,16H2,2-6H3. The average Bonchev–Trinajstić information content (AvgIpc) is 2.67. The molecule has 0 spiro atoms. The lowest BCUT2D eigenvalue weighted by molar-refractivity contribution is -0.154. The molecular weight excluding hydrogens is 384 g/mol. The highest BCUT2D eigenvalue weighted by atomic mass is 16.6. The number of rotatable bonds is 9. The maximum absolute atomic E-state index is 12.3. The maximum atomic E-state index is 12.3. The van der Waals surface area contributed by atoms with Gasteiger partial charge in [0.1, 0.15) is 28.5 Å². The topological polar surface area (TPSA) is 71.1 Å². The van der Waals surface area contributed by atoms with E-state index in [0.29, 0.717) is 29.2 Å². The van der Waals surface area contributed by atoms with Gasteiger partial charge in [0.2, 0.25) is 0 Å². The third kappa shape index (κ3) is 6.95. The minimum Gasteiger partial charge on any atom is -0.497 e. The Balaban J connectivity index is 1.99. The SMILES string of the molecule is C=CC(=O)OC(C)(C)CC(C)(C)Oc1ccc(C(=O)Oc2ccc(OC)cc2)cc1. The Hall–Kier alpha value is -3.28. The summed E-state index contributed by atoms with van der Waals surface area (Å²) in [6.45, 7) is 10.9. The first-order chi connectivity index (χ1) is 14.0. The van der Waals surface area contributed by atoms with Crippen LogP contribution in [0.2, 0.25) is 0 Å². The van der Waals surface area contributed by atoms with Gasteiger partial charge in [-0.05, 0) is 76.2 Å². The summed E-state index contributed by atoms with van der Waals surface area (Å²) < 4.78 is 21.9. The third-order valence-electron chi connectivity index (χ3n) is 4.15. The van der Waals surface area contributed by atoms with Gasteiger partial charge in [-0.15, -0.1) is 0 Å². The fraction of sp³-hybridized carbons (Fsp3) is 0.333. The molecule has 2 aromatic carbocycles. The van der Waals surface area contributed by atoms with Crippen molar-refractivity contribution in [1.82, 2.24) is 0 Å². The van der Waals surface area contributed by atoms with Crippen molar-refractivity contribution < 1.29 is 28.5 Å². The zero-order valence-electron chi connectivity index (χ0n) is 18.1. The van der Waals surface area contributed by atoms with E-state index in [4.69, 9.17) is 18.9 Å². The van der Waals surface area contributed by atoms with Crippen LogP contribution >= 0.6 is 0 Å². The van der Waals surface area contributed by atoms with Gasteiger partial charge >= 0.3 is 11.9 Å². The van der Waals surface area contributed by atoms with E-state index in [9.17, 15) is 9.59 Å². The van der Waals surface area contributed by atoms with Crippen LogP contribution < -0.4 is 14.2 Å². The lowest BCUT2D eigenvalue weighted by atomic mass is 9.92. The van der Waals surface area contributed by atoms with Crippen molar-refractivity contribution in [3.8, 4) is 17.2 Å². The van der Waals surface area contributed by atoms with Crippen LogP contribution in [-0.4, -0.2) is 30.3 Å². The van der Waals surface area contributed by atoms with Crippen molar-refractivity contribution in [1.29, 1.82) is 0 Å². The van der Waals surface area contributed by atoms with Gasteiger partial charge in [0.25, 0.3) is 0 Å². The summed E-state index contributed by atoms with van der Waals surface area (Å²) in [5.41, 5.74) is -0.941. The van der Waals surface area contributed by atoms with Crippen LogP contribution in [0, 0.1) is 0 Å². The van der Waals surface area contributed by atoms with Crippen molar-refractivity contribution in [2.24, 2.45) is 0 Å². The molecule has 0 fully saturated rings. The summed E-state index contributed by atoms with van der Waals surface area (Å²) in [4.78, 5) is 23.8. The molecule has 2 aromatic rings.